The molecule has 2 aromatic carbocycles. The molecule has 6 heteroatoms. The molecule has 3 rings (SSSR count). The fourth-order valence-corrected chi connectivity index (χ4v) is 5.49. The standard InChI is InChI=1S/C20H25NO4S/c1-13-6-7-14(2)20(10-13)26(22,23)21-9-8-16-11-18(24-4)19(25-5)12-17(16)15(21)3/h6-7,10-12,15H,8-9H2,1-5H3. The molecule has 0 aromatic heterocycles. The summed E-state index contributed by atoms with van der Waals surface area (Å²) in [6.07, 6.45) is 0.643. The maximum atomic E-state index is 13.3. The van der Waals surface area contributed by atoms with Gasteiger partial charge < -0.3 is 9.47 Å². The van der Waals surface area contributed by atoms with Crippen molar-refractivity contribution in [2.75, 3.05) is 20.8 Å². The zero-order chi connectivity index (χ0) is 19.1. The van der Waals surface area contributed by atoms with Gasteiger partial charge in [-0.1, -0.05) is 12.1 Å². The molecule has 0 saturated heterocycles. The molecule has 26 heavy (non-hydrogen) atoms. The van der Waals surface area contributed by atoms with Gasteiger partial charge in [0, 0.05) is 12.6 Å². The molecule has 0 saturated carbocycles. The SMILES string of the molecule is COc1cc2c(cc1OC)C(C)N(S(=O)(=O)c1cc(C)ccc1C)CC2. The Hall–Kier alpha value is -2.05. The normalized spacial score (nSPS) is 17.7. The van der Waals surface area contributed by atoms with Gasteiger partial charge in [-0.25, -0.2) is 8.42 Å². The third-order valence-corrected chi connectivity index (χ3v) is 7.17. The number of fused-ring (bicyclic) bond motifs is 1. The Labute approximate surface area is 155 Å². The van der Waals surface area contributed by atoms with Crippen LogP contribution >= 0.6 is 0 Å². The second-order valence-electron chi connectivity index (χ2n) is 6.72. The fraction of sp³-hybridized carbons (Fsp3) is 0.400. The highest BCUT2D eigenvalue weighted by atomic mass is 32.2. The number of hydrogen-bond acceptors (Lipinski definition) is 4. The number of methoxy groups -OCH3 is 2. The Morgan fingerprint density at radius 3 is 2.35 bits per heavy atom. The number of ether oxygens (including phenoxy) is 2. The van der Waals surface area contributed by atoms with E-state index in [0.717, 1.165) is 22.3 Å². The van der Waals surface area contributed by atoms with Crippen molar-refractivity contribution in [2.45, 2.75) is 38.1 Å². The number of sulfonamides is 1. The molecule has 2 aromatic rings. The lowest BCUT2D eigenvalue weighted by molar-refractivity contribution is 0.318. The molecule has 1 unspecified atom stereocenters. The van der Waals surface area contributed by atoms with Crippen LogP contribution in [0.25, 0.3) is 0 Å². The number of nitrogens with zero attached hydrogens (tertiary/aromatic N) is 1. The van der Waals surface area contributed by atoms with E-state index in [1.54, 1.807) is 24.6 Å². The average molecular weight is 375 g/mol. The molecule has 0 amide bonds. The maximum absolute atomic E-state index is 13.3. The summed E-state index contributed by atoms with van der Waals surface area (Å²) in [5, 5.41) is 0. The van der Waals surface area contributed by atoms with Crippen LogP contribution in [0.5, 0.6) is 11.5 Å². The highest BCUT2D eigenvalue weighted by Gasteiger charge is 2.35. The van der Waals surface area contributed by atoms with Crippen molar-refractivity contribution >= 4 is 10.0 Å². The molecule has 5 nitrogen and oxygen atoms in total. The van der Waals surface area contributed by atoms with Gasteiger partial charge in [0.2, 0.25) is 10.0 Å². The van der Waals surface area contributed by atoms with Crippen molar-refractivity contribution in [1.82, 2.24) is 4.31 Å². The first-order chi connectivity index (χ1) is 12.3. The summed E-state index contributed by atoms with van der Waals surface area (Å²) in [5.74, 6) is 1.29. The predicted molar refractivity (Wildman–Crippen MR) is 101 cm³/mol. The number of benzene rings is 2. The lowest BCUT2D eigenvalue weighted by atomic mass is 9.94. The van der Waals surface area contributed by atoms with Crippen molar-refractivity contribution in [1.29, 1.82) is 0 Å². The van der Waals surface area contributed by atoms with Gasteiger partial charge in [0.25, 0.3) is 0 Å². The summed E-state index contributed by atoms with van der Waals surface area (Å²) >= 11 is 0. The number of aryl methyl sites for hydroxylation is 2. The average Bonchev–Trinajstić information content (AvgIpc) is 2.62. The van der Waals surface area contributed by atoms with Crippen LogP contribution in [0.1, 0.15) is 35.2 Å². The largest absolute Gasteiger partial charge is 0.493 e. The minimum atomic E-state index is -3.58. The molecule has 0 fully saturated rings. The lowest BCUT2D eigenvalue weighted by Gasteiger charge is -2.35. The first-order valence-corrected chi connectivity index (χ1v) is 10.1. The molecular weight excluding hydrogens is 350 g/mol. The van der Waals surface area contributed by atoms with Crippen molar-refractivity contribution in [3.8, 4) is 11.5 Å². The zero-order valence-corrected chi connectivity index (χ0v) is 16.7. The molecule has 0 aliphatic carbocycles. The van der Waals surface area contributed by atoms with Gasteiger partial charge in [0.15, 0.2) is 11.5 Å². The first kappa shape index (κ1) is 18.7. The predicted octanol–water partition coefficient (Wildman–Crippen LogP) is 3.63. The molecule has 1 heterocycles. The van der Waals surface area contributed by atoms with Crippen LogP contribution in [0, 0.1) is 13.8 Å². The second-order valence-corrected chi connectivity index (χ2v) is 8.58. The third-order valence-electron chi connectivity index (χ3n) is 5.06. The Kier molecular flexibility index (Phi) is 4.99. The Morgan fingerprint density at radius 2 is 1.69 bits per heavy atom. The van der Waals surface area contributed by atoms with Gasteiger partial charge in [-0.15, -0.1) is 0 Å². The molecule has 1 aliphatic rings. The first-order valence-electron chi connectivity index (χ1n) is 8.63. The van der Waals surface area contributed by atoms with E-state index >= 15 is 0 Å². The summed E-state index contributed by atoms with van der Waals surface area (Å²) < 4.78 is 39.0. The van der Waals surface area contributed by atoms with Crippen LogP contribution < -0.4 is 9.47 Å². The number of hydrogen-bond donors (Lipinski definition) is 0. The van der Waals surface area contributed by atoms with Gasteiger partial charge in [0.1, 0.15) is 0 Å². The van der Waals surface area contributed by atoms with E-state index in [2.05, 4.69) is 0 Å². The van der Waals surface area contributed by atoms with Gasteiger partial charge in [-0.05, 0) is 67.6 Å². The van der Waals surface area contributed by atoms with E-state index in [9.17, 15) is 8.42 Å². The summed E-state index contributed by atoms with van der Waals surface area (Å²) in [4.78, 5) is 0.383. The molecule has 1 atom stereocenters. The van der Waals surface area contributed by atoms with E-state index in [0.29, 0.717) is 29.4 Å². The summed E-state index contributed by atoms with van der Waals surface area (Å²) in [7, 11) is -0.390. The van der Waals surface area contributed by atoms with E-state index < -0.39 is 10.0 Å². The van der Waals surface area contributed by atoms with Crippen molar-refractivity contribution in [2.24, 2.45) is 0 Å². The molecule has 140 valence electrons. The van der Waals surface area contributed by atoms with E-state index in [1.807, 2.05) is 45.0 Å². The maximum Gasteiger partial charge on any atom is 0.243 e. The van der Waals surface area contributed by atoms with Crippen LogP contribution in [0.4, 0.5) is 0 Å². The van der Waals surface area contributed by atoms with Gasteiger partial charge in [0.05, 0.1) is 19.1 Å². The van der Waals surface area contributed by atoms with Crippen LogP contribution in [0.2, 0.25) is 0 Å². The van der Waals surface area contributed by atoms with Crippen LogP contribution in [-0.4, -0.2) is 33.5 Å². The monoisotopic (exact) mass is 375 g/mol. The van der Waals surface area contributed by atoms with E-state index in [-0.39, 0.29) is 6.04 Å². The van der Waals surface area contributed by atoms with Gasteiger partial charge >= 0.3 is 0 Å². The van der Waals surface area contributed by atoms with Crippen molar-refractivity contribution < 1.29 is 17.9 Å². The van der Waals surface area contributed by atoms with Crippen molar-refractivity contribution in [3.05, 3.63) is 52.6 Å². The van der Waals surface area contributed by atoms with Crippen LogP contribution in [0.15, 0.2) is 35.2 Å². The third kappa shape index (κ3) is 3.08. The number of rotatable bonds is 4. The minimum Gasteiger partial charge on any atom is -0.493 e. The second kappa shape index (κ2) is 6.93. The Bertz CT molecular complexity index is 937. The molecular formula is C20H25NO4S. The highest BCUT2D eigenvalue weighted by molar-refractivity contribution is 7.89. The smallest absolute Gasteiger partial charge is 0.243 e. The molecule has 0 bridgehead atoms. The summed E-state index contributed by atoms with van der Waals surface area (Å²) in [6, 6.07) is 9.11. The van der Waals surface area contributed by atoms with Crippen LogP contribution in [-0.2, 0) is 16.4 Å². The Morgan fingerprint density at radius 1 is 1.04 bits per heavy atom. The fourth-order valence-electron chi connectivity index (χ4n) is 3.56. The Balaban J connectivity index is 2.06. The zero-order valence-electron chi connectivity index (χ0n) is 15.9. The molecule has 0 radical (unpaired) electrons. The van der Waals surface area contributed by atoms with Crippen LogP contribution in [0.3, 0.4) is 0 Å². The summed E-state index contributed by atoms with van der Waals surface area (Å²) in [6.45, 7) is 6.11. The van der Waals surface area contributed by atoms with Gasteiger partial charge in [-0.2, -0.15) is 4.31 Å². The lowest BCUT2D eigenvalue weighted by Crippen LogP contribution is -2.39. The molecule has 0 spiro atoms. The van der Waals surface area contributed by atoms with Crippen molar-refractivity contribution in [3.63, 3.8) is 0 Å². The quantitative estimate of drug-likeness (QED) is 0.819. The topological polar surface area (TPSA) is 55.8 Å². The molecule has 0 N–H and O–H groups in total. The van der Waals surface area contributed by atoms with Gasteiger partial charge in [-0.3, -0.25) is 0 Å². The minimum absolute atomic E-state index is 0.275. The summed E-state index contributed by atoms with van der Waals surface area (Å²) in [5.41, 5.74) is 3.76. The molecule has 1 aliphatic heterocycles. The van der Waals surface area contributed by atoms with E-state index in [4.69, 9.17) is 9.47 Å². The highest BCUT2D eigenvalue weighted by Crippen LogP contribution is 2.40. The van der Waals surface area contributed by atoms with E-state index in [1.165, 1.54) is 0 Å².